The fourth-order valence-electron chi connectivity index (χ4n) is 2.12. The van der Waals surface area contributed by atoms with Crippen LogP contribution in [0.25, 0.3) is 0 Å². The Morgan fingerprint density at radius 2 is 2.00 bits per heavy atom. The first-order valence-electron chi connectivity index (χ1n) is 7.34. The van der Waals surface area contributed by atoms with Crippen LogP contribution in [0.3, 0.4) is 0 Å². The number of aromatic nitrogens is 2. The molecule has 1 heterocycles. The number of hydrogen-bond donors (Lipinski definition) is 1. The highest BCUT2D eigenvalue weighted by Gasteiger charge is 2.30. The highest BCUT2D eigenvalue weighted by molar-refractivity contribution is 5.92. The van der Waals surface area contributed by atoms with Gasteiger partial charge in [0.25, 0.3) is 0 Å². The zero-order valence-corrected chi connectivity index (χ0v) is 12.3. The monoisotopic (exact) mass is 285 g/mol. The van der Waals surface area contributed by atoms with Crippen LogP contribution in [0.15, 0.2) is 28.7 Å². The Labute approximate surface area is 123 Å². The summed E-state index contributed by atoms with van der Waals surface area (Å²) in [5.74, 6) is 1.14. The molecule has 0 spiro atoms. The van der Waals surface area contributed by atoms with Crippen molar-refractivity contribution in [2.45, 2.75) is 39.0 Å². The zero-order valence-electron chi connectivity index (χ0n) is 12.3. The van der Waals surface area contributed by atoms with Crippen LogP contribution in [0.4, 0.5) is 6.01 Å². The predicted octanol–water partition coefficient (Wildman–Crippen LogP) is 3.13. The lowest BCUT2D eigenvalue weighted by Crippen LogP contribution is -2.13. The van der Waals surface area contributed by atoms with Crippen LogP contribution in [0.2, 0.25) is 0 Å². The molecule has 21 heavy (non-hydrogen) atoms. The van der Waals surface area contributed by atoms with Gasteiger partial charge in [-0.15, -0.1) is 5.10 Å². The summed E-state index contributed by atoms with van der Waals surface area (Å²) in [4.78, 5) is 11.6. The largest absolute Gasteiger partial charge is 0.407 e. The molecule has 0 aliphatic heterocycles. The summed E-state index contributed by atoms with van der Waals surface area (Å²) in [7, 11) is 0. The van der Waals surface area contributed by atoms with Gasteiger partial charge in [-0.05, 0) is 29.9 Å². The van der Waals surface area contributed by atoms with Gasteiger partial charge in [0.15, 0.2) is 0 Å². The first kappa shape index (κ1) is 13.8. The Hall–Kier alpha value is -2.17. The van der Waals surface area contributed by atoms with Gasteiger partial charge in [-0.2, -0.15) is 0 Å². The van der Waals surface area contributed by atoms with Gasteiger partial charge < -0.3 is 4.42 Å². The minimum atomic E-state index is -0.0218. The molecule has 1 aliphatic rings. The van der Waals surface area contributed by atoms with E-state index in [1.54, 1.807) is 0 Å². The zero-order chi connectivity index (χ0) is 14.8. The van der Waals surface area contributed by atoms with Crippen molar-refractivity contribution in [1.29, 1.82) is 0 Å². The van der Waals surface area contributed by atoms with Crippen molar-refractivity contribution < 1.29 is 9.21 Å². The molecular formula is C16H19N3O2. The quantitative estimate of drug-likeness (QED) is 0.916. The first-order chi connectivity index (χ1) is 10.1. The smallest absolute Gasteiger partial charge is 0.322 e. The van der Waals surface area contributed by atoms with Gasteiger partial charge in [-0.25, -0.2) is 0 Å². The number of nitrogens with zero attached hydrogens (tertiary/aromatic N) is 2. The summed E-state index contributed by atoms with van der Waals surface area (Å²) >= 11 is 0. The Morgan fingerprint density at radius 1 is 1.29 bits per heavy atom. The molecule has 1 amide bonds. The molecule has 1 aromatic carbocycles. The number of nitrogens with one attached hydrogen (secondary N) is 1. The number of carbonyl (C=O) groups is 1. The normalized spacial score (nSPS) is 14.4. The van der Waals surface area contributed by atoms with E-state index in [9.17, 15) is 4.79 Å². The molecule has 1 saturated carbocycles. The summed E-state index contributed by atoms with van der Waals surface area (Å²) in [5.41, 5.74) is 2.42. The number of anilines is 1. The van der Waals surface area contributed by atoms with Crippen molar-refractivity contribution in [1.82, 2.24) is 10.2 Å². The summed E-state index contributed by atoms with van der Waals surface area (Å²) in [6.45, 7) is 4.34. The van der Waals surface area contributed by atoms with Crippen molar-refractivity contribution in [3.63, 3.8) is 0 Å². The van der Waals surface area contributed by atoms with Crippen LogP contribution < -0.4 is 5.32 Å². The van der Waals surface area contributed by atoms with Crippen molar-refractivity contribution in [2.75, 3.05) is 5.32 Å². The number of benzene rings is 1. The fraction of sp³-hybridized carbons (Fsp3) is 0.438. The molecule has 1 aliphatic carbocycles. The van der Waals surface area contributed by atoms with Gasteiger partial charge in [-0.1, -0.05) is 43.2 Å². The first-order valence-corrected chi connectivity index (χ1v) is 7.34. The predicted molar refractivity (Wildman–Crippen MR) is 79.0 cm³/mol. The second-order valence-electron chi connectivity index (χ2n) is 5.84. The van der Waals surface area contributed by atoms with Crippen LogP contribution in [0.1, 0.15) is 49.6 Å². The Morgan fingerprint density at radius 3 is 2.62 bits per heavy atom. The van der Waals surface area contributed by atoms with Crippen molar-refractivity contribution in [3.05, 3.63) is 41.3 Å². The molecule has 1 aromatic heterocycles. The summed E-state index contributed by atoms with van der Waals surface area (Å²) in [6, 6.07) is 8.57. The van der Waals surface area contributed by atoms with E-state index in [4.69, 9.17) is 4.42 Å². The second-order valence-corrected chi connectivity index (χ2v) is 5.84. The molecule has 110 valence electrons. The van der Waals surface area contributed by atoms with Crippen LogP contribution in [-0.4, -0.2) is 16.1 Å². The van der Waals surface area contributed by atoms with Gasteiger partial charge >= 0.3 is 6.01 Å². The molecule has 5 nitrogen and oxygen atoms in total. The summed E-state index contributed by atoms with van der Waals surface area (Å²) in [5, 5.41) is 10.5. The SMILES string of the molecule is CC(C)c1ccc(Cc2nnc(NC(=O)C3CC3)o2)cc1. The number of carbonyl (C=O) groups excluding carboxylic acids is 1. The summed E-state index contributed by atoms with van der Waals surface area (Å²) in [6.07, 6.45) is 2.48. The van der Waals surface area contributed by atoms with E-state index in [-0.39, 0.29) is 17.8 Å². The third-order valence-corrected chi connectivity index (χ3v) is 3.65. The molecule has 3 rings (SSSR count). The molecule has 1 N–H and O–H groups in total. The molecule has 0 atom stereocenters. The maximum atomic E-state index is 11.6. The van der Waals surface area contributed by atoms with Gasteiger partial charge in [-0.3, -0.25) is 10.1 Å². The molecule has 0 unspecified atom stereocenters. The van der Waals surface area contributed by atoms with Crippen LogP contribution in [0, 0.1) is 5.92 Å². The molecular weight excluding hydrogens is 266 g/mol. The second kappa shape index (κ2) is 5.68. The van der Waals surface area contributed by atoms with Crippen LogP contribution >= 0.6 is 0 Å². The number of rotatable bonds is 5. The van der Waals surface area contributed by atoms with E-state index in [1.807, 2.05) is 0 Å². The van der Waals surface area contributed by atoms with Gasteiger partial charge in [0.05, 0.1) is 6.42 Å². The third-order valence-electron chi connectivity index (χ3n) is 3.65. The lowest BCUT2D eigenvalue weighted by atomic mass is 10.0. The maximum absolute atomic E-state index is 11.6. The van der Waals surface area contributed by atoms with E-state index in [2.05, 4.69) is 53.6 Å². The van der Waals surface area contributed by atoms with Crippen molar-refractivity contribution in [2.24, 2.45) is 5.92 Å². The number of amides is 1. The lowest BCUT2D eigenvalue weighted by Gasteiger charge is -2.05. The fourth-order valence-corrected chi connectivity index (χ4v) is 2.12. The Bertz CT molecular complexity index is 627. The molecule has 5 heteroatoms. The van der Waals surface area contributed by atoms with E-state index in [1.165, 1.54) is 5.56 Å². The minimum absolute atomic E-state index is 0.0218. The van der Waals surface area contributed by atoms with E-state index >= 15 is 0 Å². The van der Waals surface area contributed by atoms with Crippen molar-refractivity contribution in [3.8, 4) is 0 Å². The van der Waals surface area contributed by atoms with Crippen molar-refractivity contribution >= 4 is 11.9 Å². The Kier molecular flexibility index (Phi) is 3.73. The lowest BCUT2D eigenvalue weighted by molar-refractivity contribution is -0.117. The third kappa shape index (κ3) is 3.48. The Balaban J connectivity index is 1.62. The maximum Gasteiger partial charge on any atom is 0.322 e. The van der Waals surface area contributed by atoms with Crippen LogP contribution in [-0.2, 0) is 11.2 Å². The van der Waals surface area contributed by atoms with E-state index in [0.717, 1.165) is 18.4 Å². The molecule has 1 fully saturated rings. The topological polar surface area (TPSA) is 68.0 Å². The highest BCUT2D eigenvalue weighted by atomic mass is 16.4. The van der Waals surface area contributed by atoms with Gasteiger partial charge in [0.1, 0.15) is 0 Å². The van der Waals surface area contributed by atoms with Crippen LogP contribution in [0.5, 0.6) is 0 Å². The molecule has 0 bridgehead atoms. The average molecular weight is 285 g/mol. The van der Waals surface area contributed by atoms with E-state index < -0.39 is 0 Å². The molecule has 0 saturated heterocycles. The molecule has 0 radical (unpaired) electrons. The summed E-state index contributed by atoms with van der Waals surface area (Å²) < 4.78 is 5.46. The highest BCUT2D eigenvalue weighted by Crippen LogP contribution is 2.30. The minimum Gasteiger partial charge on any atom is -0.407 e. The van der Waals surface area contributed by atoms with Gasteiger partial charge in [0.2, 0.25) is 11.8 Å². The molecule has 2 aromatic rings. The van der Waals surface area contributed by atoms with E-state index in [0.29, 0.717) is 18.2 Å². The number of hydrogen-bond acceptors (Lipinski definition) is 4. The van der Waals surface area contributed by atoms with Gasteiger partial charge in [0, 0.05) is 5.92 Å². The standard InChI is InChI=1S/C16H19N3O2/c1-10(2)12-5-3-11(4-6-12)9-14-18-19-16(21-14)17-15(20)13-7-8-13/h3-6,10,13H,7-9H2,1-2H3,(H,17,19,20). The average Bonchev–Trinajstić information content (AvgIpc) is 3.23.